The molecule has 0 spiro atoms. The molecule has 1 fully saturated rings. The minimum absolute atomic E-state index is 0.164. The molecular weight excluding hydrogens is 253 g/mol. The third kappa shape index (κ3) is 3.48. The van der Waals surface area contributed by atoms with E-state index in [2.05, 4.69) is 42.9 Å². The molecule has 2 heterocycles. The second-order valence-electron chi connectivity index (χ2n) is 6.33. The number of pyridine rings is 1. The molecule has 0 radical (unpaired) electrons. The third-order valence-corrected chi connectivity index (χ3v) is 4.29. The molecule has 1 aliphatic rings. The Morgan fingerprint density at radius 2 is 2.15 bits per heavy atom. The number of nitrogens with one attached hydrogen (secondary N) is 1. The zero-order valence-corrected chi connectivity index (χ0v) is 13.0. The zero-order valence-electron chi connectivity index (χ0n) is 13.0. The van der Waals surface area contributed by atoms with Crippen LogP contribution < -0.4 is 10.2 Å². The summed E-state index contributed by atoms with van der Waals surface area (Å²) in [6.45, 7) is 11.0. The molecular formula is C16H26FN3. The van der Waals surface area contributed by atoms with Crippen LogP contribution in [0.3, 0.4) is 0 Å². The van der Waals surface area contributed by atoms with Crippen molar-refractivity contribution in [2.75, 3.05) is 18.0 Å². The molecule has 1 N–H and O–H groups in total. The molecule has 20 heavy (non-hydrogen) atoms. The van der Waals surface area contributed by atoms with E-state index in [0.29, 0.717) is 35.8 Å². The SMILES string of the molecule is CC(C)NCc1ccnc(N2CCC(C)C(C)C2)c1F. The van der Waals surface area contributed by atoms with Crippen LogP contribution in [0.2, 0.25) is 0 Å². The lowest BCUT2D eigenvalue weighted by Gasteiger charge is -2.36. The fraction of sp³-hybridized carbons (Fsp3) is 0.688. The molecule has 3 nitrogen and oxygen atoms in total. The Morgan fingerprint density at radius 3 is 2.80 bits per heavy atom. The van der Waals surface area contributed by atoms with Crippen molar-refractivity contribution in [3.05, 3.63) is 23.6 Å². The molecule has 0 amide bonds. The molecule has 2 rings (SSSR count). The van der Waals surface area contributed by atoms with Gasteiger partial charge in [0.25, 0.3) is 0 Å². The molecule has 1 saturated heterocycles. The Morgan fingerprint density at radius 1 is 1.40 bits per heavy atom. The Labute approximate surface area is 121 Å². The number of nitrogens with zero attached hydrogens (tertiary/aromatic N) is 2. The first-order valence-electron chi connectivity index (χ1n) is 7.60. The van der Waals surface area contributed by atoms with E-state index in [-0.39, 0.29) is 5.82 Å². The van der Waals surface area contributed by atoms with Gasteiger partial charge in [-0.2, -0.15) is 0 Å². The van der Waals surface area contributed by atoms with Crippen LogP contribution in [0.4, 0.5) is 10.2 Å². The van der Waals surface area contributed by atoms with Gasteiger partial charge in [-0.25, -0.2) is 9.37 Å². The summed E-state index contributed by atoms with van der Waals surface area (Å²) in [6, 6.07) is 2.12. The van der Waals surface area contributed by atoms with E-state index < -0.39 is 0 Å². The maximum Gasteiger partial charge on any atom is 0.170 e. The maximum atomic E-state index is 14.6. The maximum absolute atomic E-state index is 14.6. The van der Waals surface area contributed by atoms with Gasteiger partial charge in [0.15, 0.2) is 11.6 Å². The summed E-state index contributed by atoms with van der Waals surface area (Å²) < 4.78 is 14.6. The summed E-state index contributed by atoms with van der Waals surface area (Å²) >= 11 is 0. The van der Waals surface area contributed by atoms with Gasteiger partial charge in [-0.05, 0) is 24.3 Å². The van der Waals surface area contributed by atoms with Crippen LogP contribution in [0.1, 0.15) is 39.7 Å². The standard InChI is InChI=1S/C16H26FN3/c1-11(2)19-9-14-5-7-18-16(15(14)17)20-8-6-12(3)13(4)10-20/h5,7,11-13,19H,6,8-10H2,1-4H3. The Bertz CT molecular complexity index is 447. The van der Waals surface area contributed by atoms with E-state index in [0.717, 1.165) is 19.5 Å². The van der Waals surface area contributed by atoms with Crippen LogP contribution in [-0.2, 0) is 6.54 Å². The molecule has 0 saturated carbocycles. The first kappa shape index (κ1) is 15.2. The summed E-state index contributed by atoms with van der Waals surface area (Å²) in [4.78, 5) is 6.37. The van der Waals surface area contributed by atoms with E-state index in [4.69, 9.17) is 0 Å². The lowest BCUT2D eigenvalue weighted by atomic mass is 9.88. The van der Waals surface area contributed by atoms with Gasteiger partial charge in [0, 0.05) is 37.4 Å². The van der Waals surface area contributed by atoms with Gasteiger partial charge in [-0.3, -0.25) is 0 Å². The highest BCUT2D eigenvalue weighted by atomic mass is 19.1. The largest absolute Gasteiger partial charge is 0.354 e. The van der Waals surface area contributed by atoms with Gasteiger partial charge in [-0.15, -0.1) is 0 Å². The van der Waals surface area contributed by atoms with Crippen molar-refractivity contribution in [2.45, 2.75) is 46.7 Å². The lowest BCUT2D eigenvalue weighted by molar-refractivity contribution is 0.321. The van der Waals surface area contributed by atoms with Gasteiger partial charge < -0.3 is 10.2 Å². The minimum atomic E-state index is -0.164. The van der Waals surface area contributed by atoms with E-state index in [9.17, 15) is 4.39 Å². The molecule has 4 heteroatoms. The fourth-order valence-corrected chi connectivity index (χ4v) is 2.60. The zero-order chi connectivity index (χ0) is 14.7. The highest BCUT2D eigenvalue weighted by molar-refractivity contribution is 5.43. The Hall–Kier alpha value is -1.16. The van der Waals surface area contributed by atoms with Crippen molar-refractivity contribution in [3.8, 4) is 0 Å². The van der Waals surface area contributed by atoms with Crippen LogP contribution in [0.15, 0.2) is 12.3 Å². The summed E-state index contributed by atoms with van der Waals surface area (Å²) in [7, 11) is 0. The monoisotopic (exact) mass is 279 g/mol. The molecule has 0 bridgehead atoms. The molecule has 112 valence electrons. The van der Waals surface area contributed by atoms with Crippen LogP contribution in [0.25, 0.3) is 0 Å². The normalized spacial score (nSPS) is 23.4. The van der Waals surface area contributed by atoms with Gasteiger partial charge >= 0.3 is 0 Å². The van der Waals surface area contributed by atoms with Crippen LogP contribution in [0, 0.1) is 17.7 Å². The van der Waals surface area contributed by atoms with Crippen molar-refractivity contribution in [1.29, 1.82) is 0 Å². The van der Waals surface area contributed by atoms with Crippen molar-refractivity contribution in [3.63, 3.8) is 0 Å². The van der Waals surface area contributed by atoms with Crippen LogP contribution in [-0.4, -0.2) is 24.1 Å². The summed E-state index contributed by atoms with van der Waals surface area (Å²) in [5, 5.41) is 3.26. The van der Waals surface area contributed by atoms with Gasteiger partial charge in [-0.1, -0.05) is 27.7 Å². The second-order valence-corrected chi connectivity index (χ2v) is 6.33. The molecule has 2 atom stereocenters. The first-order chi connectivity index (χ1) is 9.49. The molecule has 1 aromatic heterocycles. The smallest absolute Gasteiger partial charge is 0.170 e. The summed E-state index contributed by atoms with van der Waals surface area (Å²) in [5.41, 5.74) is 0.704. The van der Waals surface area contributed by atoms with Crippen molar-refractivity contribution in [1.82, 2.24) is 10.3 Å². The number of anilines is 1. The van der Waals surface area contributed by atoms with E-state index >= 15 is 0 Å². The van der Waals surface area contributed by atoms with E-state index in [1.165, 1.54) is 0 Å². The topological polar surface area (TPSA) is 28.2 Å². The number of rotatable bonds is 4. The number of halogens is 1. The van der Waals surface area contributed by atoms with E-state index in [1.807, 2.05) is 0 Å². The van der Waals surface area contributed by atoms with Crippen LogP contribution >= 0.6 is 0 Å². The number of hydrogen-bond donors (Lipinski definition) is 1. The number of aromatic nitrogens is 1. The summed E-state index contributed by atoms with van der Waals surface area (Å²) in [6.07, 6.45) is 2.83. The predicted molar refractivity (Wildman–Crippen MR) is 81.3 cm³/mol. The molecule has 0 aromatic carbocycles. The van der Waals surface area contributed by atoms with Crippen molar-refractivity contribution < 1.29 is 4.39 Å². The van der Waals surface area contributed by atoms with Crippen molar-refractivity contribution in [2.24, 2.45) is 11.8 Å². The molecule has 1 aromatic rings. The van der Waals surface area contributed by atoms with Gasteiger partial charge in [0.1, 0.15) is 0 Å². The second kappa shape index (κ2) is 6.53. The highest BCUT2D eigenvalue weighted by Gasteiger charge is 2.25. The molecule has 0 aliphatic carbocycles. The minimum Gasteiger partial charge on any atom is -0.354 e. The van der Waals surface area contributed by atoms with Gasteiger partial charge in [0.2, 0.25) is 0 Å². The summed E-state index contributed by atoms with van der Waals surface area (Å²) in [5.74, 6) is 1.65. The molecule has 2 unspecified atom stereocenters. The number of piperidine rings is 1. The van der Waals surface area contributed by atoms with Crippen molar-refractivity contribution >= 4 is 5.82 Å². The fourth-order valence-electron chi connectivity index (χ4n) is 2.60. The quantitative estimate of drug-likeness (QED) is 0.917. The lowest BCUT2D eigenvalue weighted by Crippen LogP contribution is -2.39. The molecule has 1 aliphatic heterocycles. The van der Waals surface area contributed by atoms with Crippen LogP contribution in [0.5, 0.6) is 0 Å². The average molecular weight is 279 g/mol. The average Bonchev–Trinajstić information content (AvgIpc) is 2.41. The van der Waals surface area contributed by atoms with Gasteiger partial charge in [0.05, 0.1) is 0 Å². The Balaban J connectivity index is 2.14. The van der Waals surface area contributed by atoms with E-state index in [1.54, 1.807) is 12.3 Å². The highest BCUT2D eigenvalue weighted by Crippen LogP contribution is 2.28. The Kier molecular flexibility index (Phi) is 4.97. The third-order valence-electron chi connectivity index (χ3n) is 4.29. The predicted octanol–water partition coefficient (Wildman–Crippen LogP) is 3.20. The first-order valence-corrected chi connectivity index (χ1v) is 7.60. The number of hydrogen-bond acceptors (Lipinski definition) is 3.